The van der Waals surface area contributed by atoms with Crippen molar-refractivity contribution in [3.8, 4) is 6.07 Å². The zero-order chi connectivity index (χ0) is 7.82. The molecule has 1 unspecified atom stereocenters. The van der Waals surface area contributed by atoms with Gasteiger partial charge in [0.15, 0.2) is 0 Å². The summed E-state index contributed by atoms with van der Waals surface area (Å²) >= 11 is 0. The molecule has 0 aromatic carbocycles. The average Bonchev–Trinajstić information content (AvgIpc) is 2.46. The van der Waals surface area contributed by atoms with Gasteiger partial charge in [-0.1, -0.05) is 0 Å². The van der Waals surface area contributed by atoms with Gasteiger partial charge in [0.05, 0.1) is 18.6 Å². The lowest BCUT2D eigenvalue weighted by Gasteiger charge is -1.99. The Kier molecular flexibility index (Phi) is 6.14. The average molecular weight is 143 g/mol. The Morgan fingerprint density at radius 3 is 2.80 bits per heavy atom. The molecule has 10 heavy (non-hydrogen) atoms. The molecule has 0 saturated carbocycles. The van der Waals surface area contributed by atoms with Crippen LogP contribution in [0.5, 0.6) is 0 Å². The van der Waals surface area contributed by atoms with Crippen LogP contribution in [0, 0.1) is 11.3 Å². The van der Waals surface area contributed by atoms with Crippen molar-refractivity contribution in [2.45, 2.75) is 25.4 Å². The standard InChI is InChI=1S/C6H9NO.CH4O/c7-4-3-6-2-1-5-8-6;1-2/h6H,1-3,5H2;2H,1H3. The van der Waals surface area contributed by atoms with Gasteiger partial charge in [-0.25, -0.2) is 0 Å². The molecule has 1 N–H and O–H groups in total. The lowest BCUT2D eigenvalue weighted by atomic mass is 10.2. The summed E-state index contributed by atoms with van der Waals surface area (Å²) in [4.78, 5) is 0. The van der Waals surface area contributed by atoms with E-state index in [1.165, 1.54) is 0 Å². The first-order valence-corrected chi connectivity index (χ1v) is 3.37. The quantitative estimate of drug-likeness (QED) is 0.587. The monoisotopic (exact) mass is 143 g/mol. The van der Waals surface area contributed by atoms with Crippen LogP contribution in [0.15, 0.2) is 0 Å². The Morgan fingerprint density at radius 1 is 1.70 bits per heavy atom. The summed E-state index contributed by atoms with van der Waals surface area (Å²) in [5, 5.41) is 15.2. The molecule has 0 amide bonds. The number of rotatable bonds is 1. The van der Waals surface area contributed by atoms with Crippen LogP contribution in [0.4, 0.5) is 0 Å². The van der Waals surface area contributed by atoms with Crippen LogP contribution in [-0.2, 0) is 4.74 Å². The summed E-state index contributed by atoms with van der Waals surface area (Å²) in [6.45, 7) is 0.854. The molecule has 1 fully saturated rings. The molecule has 58 valence electrons. The second-order valence-corrected chi connectivity index (χ2v) is 2.00. The molecule has 1 rings (SSSR count). The predicted octanol–water partition coefficient (Wildman–Crippen LogP) is 0.688. The van der Waals surface area contributed by atoms with Gasteiger partial charge in [0.1, 0.15) is 0 Å². The van der Waals surface area contributed by atoms with Crippen molar-refractivity contribution in [2.75, 3.05) is 13.7 Å². The third-order valence-electron chi connectivity index (χ3n) is 1.34. The lowest BCUT2D eigenvalue weighted by Crippen LogP contribution is -2.01. The molecule has 0 bridgehead atoms. The van der Waals surface area contributed by atoms with Gasteiger partial charge >= 0.3 is 0 Å². The number of hydrogen-bond donors (Lipinski definition) is 1. The van der Waals surface area contributed by atoms with Crippen LogP contribution in [0.3, 0.4) is 0 Å². The molecule has 1 atom stereocenters. The molecule has 0 spiro atoms. The summed E-state index contributed by atoms with van der Waals surface area (Å²) in [6.07, 6.45) is 3.03. The second-order valence-electron chi connectivity index (χ2n) is 2.00. The Morgan fingerprint density at radius 2 is 2.40 bits per heavy atom. The summed E-state index contributed by atoms with van der Waals surface area (Å²) in [6, 6.07) is 2.08. The highest BCUT2D eigenvalue weighted by Gasteiger charge is 2.13. The van der Waals surface area contributed by atoms with E-state index in [9.17, 15) is 0 Å². The zero-order valence-electron chi connectivity index (χ0n) is 6.21. The van der Waals surface area contributed by atoms with Crippen LogP contribution in [0.2, 0.25) is 0 Å². The van der Waals surface area contributed by atoms with Gasteiger partial charge < -0.3 is 9.84 Å². The zero-order valence-corrected chi connectivity index (χ0v) is 6.21. The lowest BCUT2D eigenvalue weighted by molar-refractivity contribution is 0.115. The maximum atomic E-state index is 8.20. The van der Waals surface area contributed by atoms with E-state index in [4.69, 9.17) is 15.1 Å². The van der Waals surface area contributed by atoms with E-state index in [0.717, 1.165) is 26.6 Å². The first-order valence-electron chi connectivity index (χ1n) is 3.37. The predicted molar refractivity (Wildman–Crippen MR) is 37.3 cm³/mol. The van der Waals surface area contributed by atoms with Crippen molar-refractivity contribution in [3.05, 3.63) is 0 Å². The van der Waals surface area contributed by atoms with Crippen molar-refractivity contribution in [2.24, 2.45) is 0 Å². The fraction of sp³-hybridized carbons (Fsp3) is 0.857. The van der Waals surface area contributed by atoms with E-state index in [0.29, 0.717) is 6.42 Å². The SMILES string of the molecule is CO.N#CCC1CCCO1. The van der Waals surface area contributed by atoms with Crippen LogP contribution in [0.1, 0.15) is 19.3 Å². The first kappa shape index (κ1) is 9.41. The van der Waals surface area contributed by atoms with Crippen molar-refractivity contribution in [3.63, 3.8) is 0 Å². The molecular weight excluding hydrogens is 130 g/mol. The Labute approximate surface area is 61.2 Å². The van der Waals surface area contributed by atoms with Crippen molar-refractivity contribution >= 4 is 0 Å². The minimum atomic E-state index is 0.250. The molecule has 3 heteroatoms. The van der Waals surface area contributed by atoms with Gasteiger partial charge in [0.2, 0.25) is 0 Å². The van der Waals surface area contributed by atoms with E-state index in [1.54, 1.807) is 0 Å². The highest BCUT2D eigenvalue weighted by molar-refractivity contribution is 4.78. The van der Waals surface area contributed by atoms with E-state index in [-0.39, 0.29) is 6.10 Å². The van der Waals surface area contributed by atoms with E-state index >= 15 is 0 Å². The van der Waals surface area contributed by atoms with Crippen molar-refractivity contribution in [1.29, 1.82) is 5.26 Å². The van der Waals surface area contributed by atoms with Gasteiger partial charge in [0, 0.05) is 13.7 Å². The van der Waals surface area contributed by atoms with Gasteiger partial charge in [-0.2, -0.15) is 5.26 Å². The Bertz CT molecular complexity index is 103. The molecule has 3 nitrogen and oxygen atoms in total. The third-order valence-corrected chi connectivity index (χ3v) is 1.34. The molecule has 1 aliphatic heterocycles. The Hall–Kier alpha value is -0.590. The number of nitrogens with zero attached hydrogens (tertiary/aromatic N) is 1. The minimum Gasteiger partial charge on any atom is -0.400 e. The number of ether oxygens (including phenoxy) is 1. The van der Waals surface area contributed by atoms with E-state index in [1.807, 2.05) is 0 Å². The van der Waals surface area contributed by atoms with Gasteiger partial charge in [-0.05, 0) is 12.8 Å². The summed E-state index contributed by atoms with van der Waals surface area (Å²) in [5.74, 6) is 0. The van der Waals surface area contributed by atoms with E-state index < -0.39 is 0 Å². The number of aliphatic hydroxyl groups is 1. The first-order chi connectivity index (χ1) is 4.93. The number of aliphatic hydroxyl groups excluding tert-OH is 1. The Balaban J connectivity index is 0.000000371. The summed E-state index contributed by atoms with van der Waals surface area (Å²) in [5.41, 5.74) is 0. The normalized spacial score (nSPS) is 22.7. The van der Waals surface area contributed by atoms with Crippen LogP contribution < -0.4 is 0 Å². The maximum Gasteiger partial charge on any atom is 0.0705 e. The molecule has 0 radical (unpaired) electrons. The van der Waals surface area contributed by atoms with Gasteiger partial charge in [-0.3, -0.25) is 0 Å². The second kappa shape index (κ2) is 6.53. The molecule has 0 aromatic rings. The fourth-order valence-corrected chi connectivity index (χ4v) is 0.907. The highest BCUT2D eigenvalue weighted by atomic mass is 16.5. The van der Waals surface area contributed by atoms with E-state index in [2.05, 4.69) is 6.07 Å². The minimum absolute atomic E-state index is 0.250. The van der Waals surface area contributed by atoms with Gasteiger partial charge in [-0.15, -0.1) is 0 Å². The number of hydrogen-bond acceptors (Lipinski definition) is 3. The van der Waals surface area contributed by atoms with Crippen molar-refractivity contribution < 1.29 is 9.84 Å². The smallest absolute Gasteiger partial charge is 0.0705 e. The largest absolute Gasteiger partial charge is 0.400 e. The molecule has 0 aromatic heterocycles. The fourth-order valence-electron chi connectivity index (χ4n) is 0.907. The van der Waals surface area contributed by atoms with Gasteiger partial charge in [0.25, 0.3) is 0 Å². The molecule has 1 aliphatic rings. The third kappa shape index (κ3) is 3.44. The molecular formula is C7H13NO2. The maximum absolute atomic E-state index is 8.20. The van der Waals surface area contributed by atoms with Crippen LogP contribution in [0.25, 0.3) is 0 Å². The van der Waals surface area contributed by atoms with Crippen molar-refractivity contribution in [1.82, 2.24) is 0 Å². The topological polar surface area (TPSA) is 53.2 Å². The summed E-state index contributed by atoms with van der Waals surface area (Å²) in [7, 11) is 1.00. The van der Waals surface area contributed by atoms with Crippen LogP contribution >= 0.6 is 0 Å². The molecule has 0 aliphatic carbocycles. The number of nitriles is 1. The highest BCUT2D eigenvalue weighted by Crippen LogP contribution is 2.13. The van der Waals surface area contributed by atoms with Crippen LogP contribution in [-0.4, -0.2) is 24.9 Å². The molecule has 1 heterocycles. The molecule has 1 saturated heterocycles. The summed E-state index contributed by atoms with van der Waals surface area (Å²) < 4.78 is 5.17.